The van der Waals surface area contributed by atoms with Gasteiger partial charge < -0.3 is 20.2 Å². The van der Waals surface area contributed by atoms with Crippen LogP contribution in [0.4, 0.5) is 10.6 Å². The van der Waals surface area contributed by atoms with Crippen molar-refractivity contribution in [1.29, 1.82) is 0 Å². The highest BCUT2D eigenvalue weighted by Crippen LogP contribution is 2.29. The monoisotopic (exact) mass is 477 g/mol. The average molecular weight is 479 g/mol. The highest BCUT2D eigenvalue weighted by molar-refractivity contribution is 6.68. The number of hydrogen-bond acceptors (Lipinski definition) is 7. The van der Waals surface area contributed by atoms with Crippen LogP contribution in [-0.4, -0.2) is 49.5 Å². The Morgan fingerprint density at radius 2 is 1.97 bits per heavy atom. The minimum absolute atomic E-state index is 0.00786. The number of alkyl carbamates (subject to hydrolysis) is 1. The Labute approximate surface area is 186 Å². The minimum atomic E-state index is -1.98. The van der Waals surface area contributed by atoms with E-state index in [4.69, 9.17) is 39.5 Å². The number of aryl methyl sites for hydroxylation is 1. The number of nitro groups is 1. The molecule has 1 atom stereocenters. The smallest absolute Gasteiger partial charge is 0.408 e. The van der Waals surface area contributed by atoms with Gasteiger partial charge in [0.25, 0.3) is 0 Å². The molecule has 2 rings (SSSR count). The zero-order valence-corrected chi connectivity index (χ0v) is 17.9. The molecule has 0 fully saturated rings. The van der Waals surface area contributed by atoms with Crippen molar-refractivity contribution >= 4 is 52.5 Å². The number of amides is 1. The van der Waals surface area contributed by atoms with Crippen molar-refractivity contribution in [2.75, 3.05) is 13.2 Å². The van der Waals surface area contributed by atoms with Gasteiger partial charge in [0.15, 0.2) is 11.6 Å². The number of halogens is 3. The number of nitrogens with one attached hydrogen (secondary N) is 2. The molecular formula is C17H18Cl3N5O5. The lowest BCUT2D eigenvalue weighted by molar-refractivity contribution is -0.392. The van der Waals surface area contributed by atoms with E-state index in [0.717, 1.165) is 6.20 Å². The lowest BCUT2D eigenvalue weighted by Crippen LogP contribution is -2.54. The third-order valence-corrected chi connectivity index (χ3v) is 4.58. The normalized spacial score (nSPS) is 12.3. The van der Waals surface area contributed by atoms with Gasteiger partial charge in [-0.15, -0.1) is 0 Å². The van der Waals surface area contributed by atoms with E-state index in [-0.39, 0.29) is 31.3 Å². The number of imidazole rings is 1. The number of Topliss-reactive ketones (excluding diaryl/α,β-unsaturated/α-hetero) is 1. The third kappa shape index (κ3) is 6.84. The summed E-state index contributed by atoms with van der Waals surface area (Å²) in [5.74, 6) is -0.101. The van der Waals surface area contributed by atoms with Crippen LogP contribution < -0.4 is 10.6 Å². The Morgan fingerprint density at radius 1 is 1.30 bits per heavy atom. The fraction of sp³-hybridized carbons (Fsp3) is 0.353. The van der Waals surface area contributed by atoms with Crippen molar-refractivity contribution in [2.24, 2.45) is 0 Å². The molecule has 0 aliphatic heterocycles. The van der Waals surface area contributed by atoms with E-state index in [0.29, 0.717) is 11.4 Å². The lowest BCUT2D eigenvalue weighted by Gasteiger charge is -2.26. The van der Waals surface area contributed by atoms with Crippen LogP contribution in [-0.2, 0) is 11.3 Å². The number of rotatable bonds is 9. The van der Waals surface area contributed by atoms with Crippen LogP contribution in [0, 0.1) is 17.0 Å². The van der Waals surface area contributed by atoms with Crippen molar-refractivity contribution in [1.82, 2.24) is 20.2 Å². The summed E-state index contributed by atoms with van der Waals surface area (Å²) in [4.78, 5) is 38.5. The van der Waals surface area contributed by atoms with Crippen LogP contribution in [0.15, 0.2) is 36.5 Å². The van der Waals surface area contributed by atoms with Crippen LogP contribution in [0.2, 0.25) is 0 Å². The molecular weight excluding hydrogens is 461 g/mol. The number of carbonyl (C=O) groups is 2. The summed E-state index contributed by atoms with van der Waals surface area (Å²) in [5, 5.41) is 15.9. The van der Waals surface area contributed by atoms with Crippen LogP contribution in [0.25, 0.3) is 0 Å². The first-order valence-electron chi connectivity index (χ1n) is 8.57. The molecule has 0 aliphatic carbocycles. The molecule has 0 saturated carbocycles. The molecule has 0 unspecified atom stereocenters. The maximum absolute atomic E-state index is 12.2. The Hall–Kier alpha value is -2.40. The predicted molar refractivity (Wildman–Crippen MR) is 111 cm³/mol. The topological polar surface area (TPSA) is 128 Å². The molecule has 30 heavy (non-hydrogen) atoms. The first kappa shape index (κ1) is 23.9. The van der Waals surface area contributed by atoms with Crippen LogP contribution in [0.5, 0.6) is 0 Å². The molecule has 13 heteroatoms. The number of nitrogens with zero attached hydrogens (tertiary/aromatic N) is 3. The maximum atomic E-state index is 12.2. The van der Waals surface area contributed by atoms with Crippen LogP contribution >= 0.6 is 34.8 Å². The molecule has 1 heterocycles. The molecule has 2 aromatic rings. The number of hydrogen-bond donors (Lipinski definition) is 2. The summed E-state index contributed by atoms with van der Waals surface area (Å²) in [7, 11) is 0. The Morgan fingerprint density at radius 3 is 2.57 bits per heavy atom. The first-order valence-corrected chi connectivity index (χ1v) is 9.71. The summed E-state index contributed by atoms with van der Waals surface area (Å²) in [5.41, 5.74) is 0.452. The van der Waals surface area contributed by atoms with Gasteiger partial charge in [0.1, 0.15) is 25.5 Å². The SMILES string of the molecule is Cc1ncc([N+](=O)[O-])n1CCOC(=O)N[C@@H](NCC(=O)c1ccccc1)C(Cl)(Cl)Cl. The molecule has 10 nitrogen and oxygen atoms in total. The highest BCUT2D eigenvalue weighted by atomic mass is 35.6. The quantitative estimate of drug-likeness (QED) is 0.186. The molecule has 162 valence electrons. The number of benzene rings is 1. The zero-order chi connectivity index (χ0) is 22.3. The first-order chi connectivity index (χ1) is 14.1. The second-order valence-corrected chi connectivity index (χ2v) is 8.37. The van der Waals surface area contributed by atoms with Crippen molar-refractivity contribution in [2.45, 2.75) is 23.4 Å². The fourth-order valence-corrected chi connectivity index (χ4v) is 2.83. The number of ether oxygens (including phenoxy) is 1. The molecule has 1 aromatic heterocycles. The highest BCUT2D eigenvalue weighted by Gasteiger charge is 2.34. The van der Waals surface area contributed by atoms with Gasteiger partial charge in [-0.2, -0.15) is 0 Å². The molecule has 0 saturated heterocycles. The standard InChI is InChI=1S/C17H18Cl3N5O5/c1-11-21-10-14(25(28)29)24(11)7-8-30-16(27)23-15(17(18,19)20)22-9-13(26)12-5-3-2-4-6-12/h2-6,10,15,22H,7-9H2,1H3,(H,23,27)/t15-/m1/s1. The molecule has 2 N–H and O–H groups in total. The van der Waals surface area contributed by atoms with E-state index < -0.39 is 21.0 Å². The average Bonchev–Trinajstić information content (AvgIpc) is 3.05. The van der Waals surface area contributed by atoms with E-state index in [1.165, 1.54) is 4.57 Å². The molecule has 0 radical (unpaired) electrons. The van der Waals surface area contributed by atoms with Gasteiger partial charge in [0.05, 0.1) is 6.54 Å². The van der Waals surface area contributed by atoms with Gasteiger partial charge in [0.2, 0.25) is 3.79 Å². The summed E-state index contributed by atoms with van der Waals surface area (Å²) in [6, 6.07) is 8.45. The number of carbonyl (C=O) groups excluding carboxylic acids is 2. The number of ketones is 1. The maximum Gasteiger partial charge on any atom is 0.408 e. The van der Waals surface area contributed by atoms with E-state index in [1.807, 2.05) is 0 Å². The van der Waals surface area contributed by atoms with Crippen molar-refractivity contribution in [3.05, 3.63) is 58.0 Å². The van der Waals surface area contributed by atoms with E-state index in [1.54, 1.807) is 37.3 Å². The number of aromatic nitrogens is 2. The second-order valence-electron chi connectivity index (χ2n) is 6.00. The Bertz CT molecular complexity index is 901. The summed E-state index contributed by atoms with van der Waals surface area (Å²) >= 11 is 17.6. The van der Waals surface area contributed by atoms with E-state index in [9.17, 15) is 19.7 Å². The van der Waals surface area contributed by atoms with Gasteiger partial charge in [0, 0.05) is 12.5 Å². The molecule has 1 aromatic carbocycles. The van der Waals surface area contributed by atoms with Crippen LogP contribution in [0.1, 0.15) is 16.2 Å². The van der Waals surface area contributed by atoms with Crippen molar-refractivity contribution in [3.8, 4) is 0 Å². The molecule has 0 aliphatic rings. The second kappa shape index (κ2) is 10.6. The van der Waals surface area contributed by atoms with E-state index in [2.05, 4.69) is 15.6 Å². The lowest BCUT2D eigenvalue weighted by atomic mass is 10.1. The Balaban J connectivity index is 1.89. The van der Waals surface area contributed by atoms with Crippen molar-refractivity contribution < 1.29 is 19.2 Å². The van der Waals surface area contributed by atoms with Gasteiger partial charge in [-0.1, -0.05) is 65.1 Å². The fourth-order valence-electron chi connectivity index (χ4n) is 2.44. The van der Waals surface area contributed by atoms with Gasteiger partial charge in [-0.3, -0.25) is 10.1 Å². The zero-order valence-electron chi connectivity index (χ0n) is 15.7. The van der Waals surface area contributed by atoms with Crippen molar-refractivity contribution in [3.63, 3.8) is 0 Å². The van der Waals surface area contributed by atoms with E-state index >= 15 is 0 Å². The number of alkyl halides is 3. The van der Waals surface area contributed by atoms with Crippen LogP contribution in [0.3, 0.4) is 0 Å². The van der Waals surface area contributed by atoms with Gasteiger partial charge in [-0.05, 0) is 4.92 Å². The summed E-state index contributed by atoms with van der Waals surface area (Å²) in [6.45, 7) is 1.19. The predicted octanol–water partition coefficient (Wildman–Crippen LogP) is 2.99. The summed E-state index contributed by atoms with van der Waals surface area (Å²) in [6.07, 6.45) is -1.06. The van der Waals surface area contributed by atoms with Gasteiger partial charge in [-0.25, -0.2) is 14.3 Å². The molecule has 0 bridgehead atoms. The summed E-state index contributed by atoms with van der Waals surface area (Å²) < 4.78 is 4.31. The molecule has 1 amide bonds. The minimum Gasteiger partial charge on any atom is -0.445 e. The van der Waals surface area contributed by atoms with Gasteiger partial charge >= 0.3 is 11.9 Å². The Kier molecular flexibility index (Phi) is 8.42. The molecule has 0 spiro atoms. The largest absolute Gasteiger partial charge is 0.445 e. The third-order valence-electron chi connectivity index (χ3n) is 3.92.